The van der Waals surface area contributed by atoms with Crippen LogP contribution in [0.3, 0.4) is 0 Å². The van der Waals surface area contributed by atoms with E-state index >= 15 is 0 Å². The second-order valence-electron chi connectivity index (χ2n) is 7.48. The third-order valence-electron chi connectivity index (χ3n) is 5.46. The standard InChI is InChI=1S/C25H23ClN2O2.ClH/c26-28(23-14-12-20(13-15-23)24(29)22-7-4-16-27-17-22)25(30)21-10-8-19(9-11-21)18-5-2-1-3-6-18;/h1-3,5-6,8-15,22,27H,4,7,16-17H2;1H. The number of piperidine rings is 1. The van der Waals surface area contributed by atoms with Crippen LogP contribution < -0.4 is 9.74 Å². The molecular weight excluding hydrogens is 431 g/mol. The lowest BCUT2D eigenvalue weighted by molar-refractivity contribution is 0.0899. The number of anilines is 1. The molecule has 3 aromatic rings. The van der Waals surface area contributed by atoms with Crippen molar-refractivity contribution in [3.63, 3.8) is 0 Å². The molecule has 0 bridgehead atoms. The maximum atomic E-state index is 12.8. The van der Waals surface area contributed by atoms with Gasteiger partial charge in [-0.2, -0.15) is 0 Å². The van der Waals surface area contributed by atoms with Crippen LogP contribution in [-0.2, 0) is 0 Å². The fourth-order valence-electron chi connectivity index (χ4n) is 3.73. The molecule has 0 aliphatic carbocycles. The van der Waals surface area contributed by atoms with Crippen LogP contribution in [0.5, 0.6) is 0 Å². The Morgan fingerprint density at radius 3 is 2.06 bits per heavy atom. The van der Waals surface area contributed by atoms with Crippen molar-refractivity contribution in [2.75, 3.05) is 17.5 Å². The molecule has 0 saturated carbocycles. The fourth-order valence-corrected chi connectivity index (χ4v) is 3.94. The molecule has 1 saturated heterocycles. The molecule has 1 N–H and O–H groups in total. The summed E-state index contributed by atoms with van der Waals surface area (Å²) in [5.74, 6) is -0.161. The number of carbonyl (C=O) groups excluding carboxylic acids is 2. The molecule has 1 heterocycles. The first-order valence-electron chi connectivity index (χ1n) is 10.1. The van der Waals surface area contributed by atoms with Crippen LogP contribution in [0.4, 0.5) is 5.69 Å². The Balaban J connectivity index is 0.00000272. The zero-order valence-corrected chi connectivity index (χ0v) is 18.5. The molecule has 4 nitrogen and oxygen atoms in total. The predicted molar refractivity (Wildman–Crippen MR) is 128 cm³/mol. The van der Waals surface area contributed by atoms with Crippen molar-refractivity contribution >= 4 is 41.6 Å². The minimum absolute atomic E-state index is 0. The normalized spacial score (nSPS) is 15.6. The average molecular weight is 455 g/mol. The first kappa shape index (κ1) is 23.0. The Morgan fingerprint density at radius 1 is 0.839 bits per heavy atom. The van der Waals surface area contributed by atoms with Crippen molar-refractivity contribution < 1.29 is 9.59 Å². The van der Waals surface area contributed by atoms with E-state index in [-0.39, 0.29) is 30.0 Å². The number of Topliss-reactive ketones (excluding diaryl/α,β-unsaturated/α-hetero) is 1. The Bertz CT molecular complexity index is 1020. The smallest absolute Gasteiger partial charge is 0.272 e. The van der Waals surface area contributed by atoms with Crippen molar-refractivity contribution in [2.45, 2.75) is 12.8 Å². The third kappa shape index (κ3) is 5.34. The van der Waals surface area contributed by atoms with Crippen LogP contribution in [0, 0.1) is 5.92 Å². The average Bonchev–Trinajstić information content (AvgIpc) is 2.84. The minimum atomic E-state index is -0.313. The van der Waals surface area contributed by atoms with Crippen molar-refractivity contribution in [3.8, 4) is 11.1 Å². The fraction of sp³-hybridized carbons (Fsp3) is 0.200. The monoisotopic (exact) mass is 454 g/mol. The van der Waals surface area contributed by atoms with E-state index in [1.54, 1.807) is 36.4 Å². The predicted octanol–water partition coefficient (Wildman–Crippen LogP) is 5.76. The van der Waals surface area contributed by atoms with E-state index in [0.717, 1.165) is 41.5 Å². The number of nitrogens with zero attached hydrogens (tertiary/aromatic N) is 1. The molecule has 6 heteroatoms. The lowest BCUT2D eigenvalue weighted by atomic mass is 9.91. The number of amides is 1. The molecule has 0 radical (unpaired) electrons. The second-order valence-corrected chi connectivity index (χ2v) is 7.82. The largest absolute Gasteiger partial charge is 0.316 e. The molecule has 4 rings (SSSR count). The van der Waals surface area contributed by atoms with Crippen LogP contribution in [0.1, 0.15) is 33.6 Å². The van der Waals surface area contributed by atoms with Gasteiger partial charge in [0.25, 0.3) is 5.91 Å². The van der Waals surface area contributed by atoms with Crippen molar-refractivity contribution in [1.82, 2.24) is 5.32 Å². The van der Waals surface area contributed by atoms with Crippen LogP contribution >= 0.6 is 24.2 Å². The summed E-state index contributed by atoms with van der Waals surface area (Å²) in [4.78, 5) is 25.4. The van der Waals surface area contributed by atoms with Crippen molar-refractivity contribution in [2.24, 2.45) is 5.92 Å². The van der Waals surface area contributed by atoms with E-state index in [1.165, 1.54) is 0 Å². The molecule has 1 fully saturated rings. The van der Waals surface area contributed by atoms with Crippen molar-refractivity contribution in [3.05, 3.63) is 90.0 Å². The summed E-state index contributed by atoms with van der Waals surface area (Å²) in [6, 6.07) is 24.3. The molecule has 31 heavy (non-hydrogen) atoms. The van der Waals surface area contributed by atoms with Crippen molar-refractivity contribution in [1.29, 1.82) is 0 Å². The summed E-state index contributed by atoms with van der Waals surface area (Å²) in [5.41, 5.74) is 3.81. The second kappa shape index (κ2) is 10.6. The molecule has 3 aromatic carbocycles. The van der Waals surface area contributed by atoms with E-state index in [9.17, 15) is 9.59 Å². The van der Waals surface area contributed by atoms with Gasteiger partial charge in [0.1, 0.15) is 0 Å². The Morgan fingerprint density at radius 2 is 1.45 bits per heavy atom. The highest BCUT2D eigenvalue weighted by Crippen LogP contribution is 2.24. The zero-order valence-electron chi connectivity index (χ0n) is 17.0. The topological polar surface area (TPSA) is 49.4 Å². The maximum absolute atomic E-state index is 12.8. The van der Waals surface area contributed by atoms with Gasteiger partial charge in [0.2, 0.25) is 0 Å². The number of benzene rings is 3. The van der Waals surface area contributed by atoms with Gasteiger partial charge in [-0.3, -0.25) is 9.59 Å². The lowest BCUT2D eigenvalue weighted by Gasteiger charge is -2.21. The van der Waals surface area contributed by atoms with Gasteiger partial charge in [-0.25, -0.2) is 4.42 Å². The number of halogens is 2. The quantitative estimate of drug-likeness (QED) is 0.393. The molecule has 1 amide bonds. The molecule has 1 aliphatic heterocycles. The highest BCUT2D eigenvalue weighted by atomic mass is 35.5. The Labute approximate surface area is 193 Å². The molecule has 1 aliphatic rings. The van der Waals surface area contributed by atoms with E-state index < -0.39 is 0 Å². The number of ketones is 1. The summed E-state index contributed by atoms with van der Waals surface area (Å²) < 4.78 is 1.09. The Hall–Kier alpha value is -2.66. The molecular formula is C25H24Cl2N2O2. The van der Waals surface area contributed by atoms with Gasteiger partial charge >= 0.3 is 0 Å². The van der Waals surface area contributed by atoms with E-state index in [2.05, 4.69) is 5.32 Å². The number of hydrogen-bond donors (Lipinski definition) is 1. The molecule has 160 valence electrons. The molecule has 0 spiro atoms. The summed E-state index contributed by atoms with van der Waals surface area (Å²) in [5, 5.41) is 3.27. The highest BCUT2D eigenvalue weighted by Gasteiger charge is 2.23. The summed E-state index contributed by atoms with van der Waals surface area (Å²) in [6.45, 7) is 1.69. The first-order valence-corrected chi connectivity index (χ1v) is 10.5. The van der Waals surface area contributed by atoms with Crippen LogP contribution in [0.15, 0.2) is 78.9 Å². The lowest BCUT2D eigenvalue weighted by Crippen LogP contribution is -2.34. The highest BCUT2D eigenvalue weighted by molar-refractivity contribution is 6.39. The van der Waals surface area contributed by atoms with Gasteiger partial charge in [0.05, 0.1) is 5.69 Å². The molecule has 1 atom stereocenters. The van der Waals surface area contributed by atoms with Gasteiger partial charge in [-0.15, -0.1) is 12.4 Å². The van der Waals surface area contributed by atoms with Gasteiger partial charge in [0.15, 0.2) is 5.78 Å². The van der Waals surface area contributed by atoms with E-state index in [0.29, 0.717) is 16.8 Å². The third-order valence-corrected chi connectivity index (χ3v) is 5.81. The van der Waals surface area contributed by atoms with Gasteiger partial charge in [0, 0.05) is 35.4 Å². The maximum Gasteiger partial charge on any atom is 0.272 e. The summed E-state index contributed by atoms with van der Waals surface area (Å²) >= 11 is 6.32. The van der Waals surface area contributed by atoms with Crippen LogP contribution in [0.25, 0.3) is 11.1 Å². The SMILES string of the molecule is Cl.O=C(c1ccc(N(Cl)C(=O)c2ccc(-c3ccccc3)cc2)cc1)C1CCCNC1. The zero-order chi connectivity index (χ0) is 20.9. The minimum Gasteiger partial charge on any atom is -0.316 e. The number of hydrogen-bond acceptors (Lipinski definition) is 3. The van der Waals surface area contributed by atoms with E-state index in [4.69, 9.17) is 11.8 Å². The summed E-state index contributed by atoms with van der Waals surface area (Å²) in [6.07, 6.45) is 1.92. The Kier molecular flexibility index (Phi) is 7.85. The van der Waals surface area contributed by atoms with Gasteiger partial charge < -0.3 is 5.32 Å². The molecule has 1 unspecified atom stereocenters. The first-order chi connectivity index (χ1) is 14.6. The van der Waals surface area contributed by atoms with Crippen LogP contribution in [-0.4, -0.2) is 24.8 Å². The van der Waals surface area contributed by atoms with E-state index in [1.807, 2.05) is 42.5 Å². The van der Waals surface area contributed by atoms with Gasteiger partial charge in [-0.1, -0.05) is 42.5 Å². The number of nitrogens with one attached hydrogen (secondary N) is 1. The number of rotatable bonds is 5. The number of carbonyl (C=O) groups is 2. The summed E-state index contributed by atoms with van der Waals surface area (Å²) in [7, 11) is 0. The van der Waals surface area contributed by atoms with Crippen LogP contribution in [0.2, 0.25) is 0 Å². The molecule has 0 aromatic heterocycles. The van der Waals surface area contributed by atoms with Gasteiger partial charge in [-0.05, 0) is 66.9 Å².